The van der Waals surface area contributed by atoms with Gasteiger partial charge in [0, 0.05) is 24.7 Å². The van der Waals surface area contributed by atoms with Gasteiger partial charge in [-0.05, 0) is 35.4 Å². The standard InChI is InChI=1S/C23H23ClN4O4S/c1-4-19-25-21-20(26(19)2)22(29)28(14-15-5-9-17(24)10-6-15)23(30)27(21)13-16-7-11-18(12-8-16)33(3,31)32/h5-12H,4,13-14H2,1-3H3. The maximum atomic E-state index is 13.5. The lowest BCUT2D eigenvalue weighted by Crippen LogP contribution is -2.41. The first kappa shape index (κ1) is 23.0. The quantitative estimate of drug-likeness (QED) is 0.417. The molecule has 0 aliphatic carbocycles. The predicted molar refractivity (Wildman–Crippen MR) is 128 cm³/mol. The van der Waals surface area contributed by atoms with Gasteiger partial charge >= 0.3 is 5.69 Å². The van der Waals surface area contributed by atoms with Gasteiger partial charge in [-0.15, -0.1) is 0 Å². The number of halogens is 1. The molecule has 0 amide bonds. The maximum absolute atomic E-state index is 13.5. The van der Waals surface area contributed by atoms with Crippen LogP contribution in [0.2, 0.25) is 5.02 Å². The zero-order chi connectivity index (χ0) is 23.9. The van der Waals surface area contributed by atoms with Crippen LogP contribution in [-0.4, -0.2) is 33.4 Å². The molecule has 0 bridgehead atoms. The minimum Gasteiger partial charge on any atom is -0.325 e. The molecule has 0 aliphatic rings. The van der Waals surface area contributed by atoms with Gasteiger partial charge in [-0.25, -0.2) is 18.2 Å². The van der Waals surface area contributed by atoms with E-state index in [9.17, 15) is 18.0 Å². The van der Waals surface area contributed by atoms with Crippen LogP contribution in [0.3, 0.4) is 0 Å². The van der Waals surface area contributed by atoms with E-state index >= 15 is 0 Å². The summed E-state index contributed by atoms with van der Waals surface area (Å²) in [5.74, 6) is 0.687. The minimum atomic E-state index is -3.33. The molecule has 0 N–H and O–H groups in total. The van der Waals surface area contributed by atoms with Crippen LogP contribution in [0.25, 0.3) is 11.2 Å². The molecule has 4 aromatic rings. The zero-order valence-electron chi connectivity index (χ0n) is 18.4. The number of aryl methyl sites for hydroxylation is 2. The number of imidazole rings is 1. The van der Waals surface area contributed by atoms with Gasteiger partial charge in [0.1, 0.15) is 5.82 Å². The first-order valence-electron chi connectivity index (χ1n) is 10.3. The Bertz CT molecular complexity index is 1560. The molecule has 0 radical (unpaired) electrons. The third-order valence-corrected chi connectivity index (χ3v) is 6.98. The van der Waals surface area contributed by atoms with E-state index in [4.69, 9.17) is 11.6 Å². The fourth-order valence-corrected chi connectivity index (χ4v) is 4.56. The van der Waals surface area contributed by atoms with Gasteiger partial charge in [0.05, 0.1) is 18.0 Å². The molecule has 0 fully saturated rings. The third kappa shape index (κ3) is 4.38. The molecule has 2 heterocycles. The van der Waals surface area contributed by atoms with Gasteiger partial charge in [0.15, 0.2) is 21.0 Å². The van der Waals surface area contributed by atoms with Crippen molar-refractivity contribution in [2.75, 3.05) is 6.26 Å². The van der Waals surface area contributed by atoms with Crippen LogP contribution in [0.1, 0.15) is 23.9 Å². The van der Waals surface area contributed by atoms with Gasteiger partial charge in [0.25, 0.3) is 5.56 Å². The summed E-state index contributed by atoms with van der Waals surface area (Å²) in [6, 6.07) is 13.3. The van der Waals surface area contributed by atoms with E-state index in [2.05, 4.69) is 4.98 Å². The number of rotatable bonds is 6. The molecule has 10 heteroatoms. The van der Waals surface area contributed by atoms with Crippen molar-refractivity contribution in [2.45, 2.75) is 31.3 Å². The predicted octanol–water partition coefficient (Wildman–Crippen LogP) is 2.61. The molecule has 172 valence electrons. The van der Waals surface area contributed by atoms with Crippen molar-refractivity contribution in [3.05, 3.63) is 91.3 Å². The number of nitrogens with zero attached hydrogens (tertiary/aromatic N) is 4. The van der Waals surface area contributed by atoms with Gasteiger partial charge in [-0.3, -0.25) is 13.9 Å². The Balaban J connectivity index is 1.89. The lowest BCUT2D eigenvalue weighted by Gasteiger charge is -2.12. The second-order valence-electron chi connectivity index (χ2n) is 7.92. The van der Waals surface area contributed by atoms with Gasteiger partial charge < -0.3 is 4.57 Å². The lowest BCUT2D eigenvalue weighted by atomic mass is 10.2. The molecular weight excluding hydrogens is 464 g/mol. The number of hydrogen-bond acceptors (Lipinski definition) is 5. The lowest BCUT2D eigenvalue weighted by molar-refractivity contribution is 0.601. The summed E-state index contributed by atoms with van der Waals surface area (Å²) < 4.78 is 27.9. The van der Waals surface area contributed by atoms with Crippen LogP contribution in [0.5, 0.6) is 0 Å². The summed E-state index contributed by atoms with van der Waals surface area (Å²) in [6.07, 6.45) is 1.74. The van der Waals surface area contributed by atoms with Crippen LogP contribution in [-0.2, 0) is 36.4 Å². The molecule has 2 aromatic heterocycles. The van der Waals surface area contributed by atoms with E-state index in [1.165, 1.54) is 21.3 Å². The summed E-state index contributed by atoms with van der Waals surface area (Å²) in [6.45, 7) is 2.16. The maximum Gasteiger partial charge on any atom is 0.333 e. The van der Waals surface area contributed by atoms with E-state index < -0.39 is 21.1 Å². The van der Waals surface area contributed by atoms with Gasteiger partial charge in [-0.2, -0.15) is 0 Å². The normalized spacial score (nSPS) is 11.9. The fraction of sp³-hybridized carbons (Fsp3) is 0.261. The number of fused-ring (bicyclic) bond motifs is 1. The summed E-state index contributed by atoms with van der Waals surface area (Å²) in [5, 5.41) is 0.565. The molecule has 0 saturated carbocycles. The largest absolute Gasteiger partial charge is 0.333 e. The van der Waals surface area contributed by atoms with Crippen LogP contribution >= 0.6 is 11.6 Å². The Morgan fingerprint density at radius 3 is 2.00 bits per heavy atom. The summed E-state index contributed by atoms with van der Waals surface area (Å²) >= 11 is 5.97. The molecule has 2 aromatic carbocycles. The average molecular weight is 487 g/mol. The van der Waals surface area contributed by atoms with Crippen LogP contribution < -0.4 is 11.2 Å². The molecular formula is C23H23ClN4O4S. The summed E-state index contributed by atoms with van der Waals surface area (Å²) in [7, 11) is -1.57. The Labute approximate surface area is 195 Å². The molecule has 0 atom stereocenters. The van der Waals surface area contributed by atoms with Crippen LogP contribution in [0.4, 0.5) is 0 Å². The SMILES string of the molecule is CCc1nc2c(c(=O)n(Cc3ccc(Cl)cc3)c(=O)n2Cc2ccc(S(C)(=O)=O)cc2)n1C. The Morgan fingerprint density at radius 1 is 0.909 bits per heavy atom. The topological polar surface area (TPSA) is 96.0 Å². The molecule has 4 rings (SSSR count). The van der Waals surface area contributed by atoms with E-state index in [-0.39, 0.29) is 18.0 Å². The van der Waals surface area contributed by atoms with E-state index in [0.717, 1.165) is 11.8 Å². The van der Waals surface area contributed by atoms with Crippen LogP contribution in [0, 0.1) is 0 Å². The molecule has 8 nitrogen and oxygen atoms in total. The van der Waals surface area contributed by atoms with Crippen molar-refractivity contribution in [3.63, 3.8) is 0 Å². The molecule has 0 saturated heterocycles. The summed E-state index contributed by atoms with van der Waals surface area (Å²) in [5.41, 5.74) is 1.22. The van der Waals surface area contributed by atoms with E-state index in [1.807, 2.05) is 6.92 Å². The Morgan fingerprint density at radius 2 is 1.45 bits per heavy atom. The Kier molecular flexibility index (Phi) is 6.02. The minimum absolute atomic E-state index is 0.0877. The number of aromatic nitrogens is 4. The second kappa shape index (κ2) is 8.64. The molecule has 0 unspecified atom stereocenters. The van der Waals surface area contributed by atoms with Crippen molar-refractivity contribution < 1.29 is 8.42 Å². The number of sulfone groups is 1. The highest BCUT2D eigenvalue weighted by Gasteiger charge is 2.20. The highest BCUT2D eigenvalue weighted by molar-refractivity contribution is 7.90. The van der Waals surface area contributed by atoms with Crippen molar-refractivity contribution in [1.82, 2.24) is 18.7 Å². The smallest absolute Gasteiger partial charge is 0.325 e. The number of benzene rings is 2. The number of hydrogen-bond donors (Lipinski definition) is 0. The second-order valence-corrected chi connectivity index (χ2v) is 10.4. The van der Waals surface area contributed by atoms with Crippen molar-refractivity contribution in [1.29, 1.82) is 0 Å². The average Bonchev–Trinajstić information content (AvgIpc) is 3.11. The molecule has 0 aliphatic heterocycles. The van der Waals surface area contributed by atoms with Crippen molar-refractivity contribution in [3.8, 4) is 0 Å². The highest BCUT2D eigenvalue weighted by atomic mass is 35.5. The van der Waals surface area contributed by atoms with Crippen LogP contribution in [0.15, 0.2) is 63.0 Å². The third-order valence-electron chi connectivity index (χ3n) is 5.60. The zero-order valence-corrected chi connectivity index (χ0v) is 20.0. The van der Waals surface area contributed by atoms with Crippen molar-refractivity contribution in [2.24, 2.45) is 7.05 Å². The first-order valence-corrected chi connectivity index (χ1v) is 12.6. The summed E-state index contributed by atoms with van der Waals surface area (Å²) in [4.78, 5) is 31.6. The monoisotopic (exact) mass is 486 g/mol. The first-order chi connectivity index (χ1) is 15.6. The van der Waals surface area contributed by atoms with Crippen molar-refractivity contribution >= 4 is 32.6 Å². The van der Waals surface area contributed by atoms with E-state index in [0.29, 0.717) is 34.0 Å². The fourth-order valence-electron chi connectivity index (χ4n) is 3.80. The molecule has 33 heavy (non-hydrogen) atoms. The van der Waals surface area contributed by atoms with Gasteiger partial charge in [0.2, 0.25) is 0 Å². The Hall–Kier alpha value is -3.17. The van der Waals surface area contributed by atoms with E-state index in [1.54, 1.807) is 48.0 Å². The van der Waals surface area contributed by atoms with Gasteiger partial charge in [-0.1, -0.05) is 42.8 Å². The molecule has 0 spiro atoms. The highest BCUT2D eigenvalue weighted by Crippen LogP contribution is 2.15.